The number of amides is 1. The molecule has 0 spiro atoms. The van der Waals surface area contributed by atoms with Gasteiger partial charge in [-0.15, -0.1) is 0 Å². The van der Waals surface area contributed by atoms with Crippen molar-refractivity contribution in [2.45, 2.75) is 31.4 Å². The third-order valence-corrected chi connectivity index (χ3v) is 6.29. The molecule has 0 bridgehead atoms. The number of carbonyl (C=O) groups is 1. The number of aryl methyl sites for hydroxylation is 2. The molecule has 1 amide bonds. The number of rotatable bonds is 4. The van der Waals surface area contributed by atoms with E-state index >= 15 is 0 Å². The van der Waals surface area contributed by atoms with Crippen LogP contribution in [0, 0.1) is 0 Å². The minimum atomic E-state index is -3.55. The average Bonchev–Trinajstić information content (AvgIpc) is 2.57. The summed E-state index contributed by atoms with van der Waals surface area (Å²) in [6.45, 7) is 0.749. The lowest BCUT2D eigenvalue weighted by Gasteiger charge is -2.35. The molecule has 2 aliphatic rings. The highest BCUT2D eigenvalue weighted by Gasteiger charge is 2.30. The van der Waals surface area contributed by atoms with E-state index in [1.807, 2.05) is 17.0 Å². The van der Waals surface area contributed by atoms with Crippen LogP contribution in [0.1, 0.15) is 29.5 Å². The maximum Gasteiger partial charge on any atom is 0.236 e. The van der Waals surface area contributed by atoms with Gasteiger partial charge in [-0.25, -0.2) is 8.42 Å². The lowest BCUT2D eigenvalue weighted by molar-refractivity contribution is -0.119. The Morgan fingerprint density at radius 3 is 2.62 bits per heavy atom. The van der Waals surface area contributed by atoms with Crippen LogP contribution in [-0.4, -0.2) is 20.9 Å². The maximum absolute atomic E-state index is 12.6. The summed E-state index contributed by atoms with van der Waals surface area (Å²) in [6, 6.07) is 10.6. The van der Waals surface area contributed by atoms with Crippen LogP contribution in [0.4, 0.5) is 11.4 Å². The Balaban J connectivity index is 1.62. The Labute approximate surface area is 158 Å². The van der Waals surface area contributed by atoms with Gasteiger partial charge in [0.25, 0.3) is 0 Å². The van der Waals surface area contributed by atoms with Crippen molar-refractivity contribution in [1.82, 2.24) is 0 Å². The third-order valence-electron chi connectivity index (χ3n) is 4.79. The van der Waals surface area contributed by atoms with Crippen molar-refractivity contribution in [2.24, 2.45) is 0 Å². The van der Waals surface area contributed by atoms with Gasteiger partial charge in [0, 0.05) is 23.7 Å². The monoisotopic (exact) mass is 390 g/mol. The molecule has 0 unspecified atom stereocenters. The van der Waals surface area contributed by atoms with E-state index < -0.39 is 10.0 Å². The van der Waals surface area contributed by atoms with Gasteiger partial charge in [-0.3, -0.25) is 9.52 Å². The lowest BCUT2D eigenvalue weighted by atomic mass is 9.91. The van der Waals surface area contributed by atoms with Gasteiger partial charge in [-0.2, -0.15) is 0 Å². The summed E-state index contributed by atoms with van der Waals surface area (Å²) in [5.74, 6) is 0.0256. The average molecular weight is 391 g/mol. The molecule has 0 atom stereocenters. The van der Waals surface area contributed by atoms with Crippen LogP contribution in [0.5, 0.6) is 0 Å². The topological polar surface area (TPSA) is 66.5 Å². The van der Waals surface area contributed by atoms with E-state index in [1.54, 1.807) is 24.3 Å². The van der Waals surface area contributed by atoms with E-state index in [-0.39, 0.29) is 11.7 Å². The Bertz CT molecular complexity index is 971. The molecule has 0 saturated carbocycles. The number of nitrogens with one attached hydrogen (secondary N) is 1. The van der Waals surface area contributed by atoms with E-state index in [0.717, 1.165) is 36.2 Å². The van der Waals surface area contributed by atoms with Crippen LogP contribution < -0.4 is 9.62 Å². The van der Waals surface area contributed by atoms with Crippen molar-refractivity contribution in [1.29, 1.82) is 0 Å². The third kappa shape index (κ3) is 3.44. The van der Waals surface area contributed by atoms with Gasteiger partial charge in [0.1, 0.15) is 0 Å². The summed E-state index contributed by atoms with van der Waals surface area (Å²) in [4.78, 5) is 14.0. The minimum absolute atomic E-state index is 0.134. The van der Waals surface area contributed by atoms with Gasteiger partial charge in [0.15, 0.2) is 0 Å². The summed E-state index contributed by atoms with van der Waals surface area (Å²) < 4.78 is 27.8. The SMILES string of the molecule is O=C1CCc2cc(NS(=O)(=O)Cc3cccc(Cl)c3)cc3c2N1CCC3. The molecular formula is C19H19ClN2O3S. The predicted molar refractivity (Wildman–Crippen MR) is 103 cm³/mol. The summed E-state index contributed by atoms with van der Waals surface area (Å²) in [6.07, 6.45) is 2.89. The van der Waals surface area contributed by atoms with Gasteiger partial charge in [-0.1, -0.05) is 23.7 Å². The first-order valence-electron chi connectivity index (χ1n) is 8.62. The molecule has 2 heterocycles. The second-order valence-corrected chi connectivity index (χ2v) is 8.94. The zero-order valence-corrected chi connectivity index (χ0v) is 15.7. The Hall–Kier alpha value is -2.05. The van der Waals surface area contributed by atoms with Crippen LogP contribution >= 0.6 is 11.6 Å². The Kier molecular flexibility index (Phi) is 4.40. The molecule has 1 N–H and O–H groups in total. The molecule has 136 valence electrons. The predicted octanol–water partition coefficient (Wildman–Crippen LogP) is 3.51. The molecule has 4 rings (SSSR count). The second kappa shape index (κ2) is 6.59. The van der Waals surface area contributed by atoms with Crippen LogP contribution in [0.15, 0.2) is 36.4 Å². The summed E-state index contributed by atoms with van der Waals surface area (Å²) in [5, 5.41) is 0.515. The van der Waals surface area contributed by atoms with Gasteiger partial charge < -0.3 is 4.90 Å². The van der Waals surface area contributed by atoms with E-state index in [1.165, 1.54) is 0 Å². The van der Waals surface area contributed by atoms with Gasteiger partial charge in [0.2, 0.25) is 15.9 Å². The van der Waals surface area contributed by atoms with Crippen LogP contribution in [-0.2, 0) is 33.4 Å². The Morgan fingerprint density at radius 1 is 1.08 bits per heavy atom. The fourth-order valence-corrected chi connectivity index (χ4v) is 5.15. The molecule has 0 radical (unpaired) electrons. The molecule has 0 aliphatic carbocycles. The number of carbonyl (C=O) groups excluding carboxylic acids is 1. The first kappa shape index (κ1) is 17.4. The number of nitrogens with zero attached hydrogens (tertiary/aromatic N) is 1. The second-order valence-electron chi connectivity index (χ2n) is 6.78. The number of benzene rings is 2. The van der Waals surface area contributed by atoms with Crippen molar-refractivity contribution < 1.29 is 13.2 Å². The zero-order chi connectivity index (χ0) is 18.3. The summed E-state index contributed by atoms with van der Waals surface area (Å²) in [5.41, 5.74) is 4.29. The van der Waals surface area contributed by atoms with E-state index in [2.05, 4.69) is 4.72 Å². The van der Waals surface area contributed by atoms with Crippen LogP contribution in [0.2, 0.25) is 5.02 Å². The minimum Gasteiger partial charge on any atom is -0.312 e. The van der Waals surface area contributed by atoms with Crippen molar-refractivity contribution >= 4 is 38.9 Å². The smallest absolute Gasteiger partial charge is 0.236 e. The molecule has 0 saturated heterocycles. The fraction of sp³-hybridized carbons (Fsp3) is 0.316. The van der Waals surface area contributed by atoms with E-state index in [9.17, 15) is 13.2 Å². The van der Waals surface area contributed by atoms with Crippen molar-refractivity contribution in [3.63, 3.8) is 0 Å². The van der Waals surface area contributed by atoms with E-state index in [4.69, 9.17) is 11.6 Å². The summed E-state index contributed by atoms with van der Waals surface area (Å²) >= 11 is 5.94. The molecule has 5 nitrogen and oxygen atoms in total. The van der Waals surface area contributed by atoms with Gasteiger partial charge in [-0.05, 0) is 60.2 Å². The molecule has 2 aromatic rings. The number of hydrogen-bond donors (Lipinski definition) is 1. The highest BCUT2D eigenvalue weighted by Crippen LogP contribution is 2.38. The molecule has 2 aliphatic heterocycles. The van der Waals surface area contributed by atoms with Crippen LogP contribution in [0.3, 0.4) is 0 Å². The van der Waals surface area contributed by atoms with Gasteiger partial charge in [0.05, 0.1) is 11.4 Å². The van der Waals surface area contributed by atoms with Crippen molar-refractivity contribution in [2.75, 3.05) is 16.2 Å². The van der Waals surface area contributed by atoms with E-state index in [0.29, 0.717) is 29.1 Å². The quantitative estimate of drug-likeness (QED) is 0.868. The molecule has 2 aromatic carbocycles. The molecular weight excluding hydrogens is 372 g/mol. The molecule has 0 aromatic heterocycles. The largest absolute Gasteiger partial charge is 0.312 e. The lowest BCUT2D eigenvalue weighted by Crippen LogP contribution is -2.39. The molecule has 0 fully saturated rings. The standard InChI is InChI=1S/C19H19ClN2O3S/c20-16-5-1-3-13(9-16)12-26(24,25)21-17-10-14-4-2-8-22-18(23)7-6-15(11-17)19(14)22/h1,3,5,9-11,21H,2,4,6-8,12H2. The normalized spacial score (nSPS) is 16.3. The van der Waals surface area contributed by atoms with Crippen molar-refractivity contribution in [3.8, 4) is 0 Å². The number of hydrogen-bond acceptors (Lipinski definition) is 3. The Morgan fingerprint density at radius 2 is 1.85 bits per heavy atom. The highest BCUT2D eigenvalue weighted by molar-refractivity contribution is 7.91. The maximum atomic E-state index is 12.6. The summed E-state index contributed by atoms with van der Waals surface area (Å²) in [7, 11) is -3.55. The van der Waals surface area contributed by atoms with Gasteiger partial charge >= 0.3 is 0 Å². The first-order chi connectivity index (χ1) is 12.4. The molecule has 26 heavy (non-hydrogen) atoms. The number of anilines is 2. The van der Waals surface area contributed by atoms with Crippen LogP contribution in [0.25, 0.3) is 0 Å². The van der Waals surface area contributed by atoms with Crippen molar-refractivity contribution in [3.05, 3.63) is 58.1 Å². The number of sulfonamides is 1. The first-order valence-corrected chi connectivity index (χ1v) is 10.7. The number of halogens is 1. The molecule has 7 heteroatoms. The zero-order valence-electron chi connectivity index (χ0n) is 14.2. The fourth-order valence-electron chi connectivity index (χ4n) is 3.77. The highest BCUT2D eigenvalue weighted by atomic mass is 35.5.